The van der Waals surface area contributed by atoms with Gasteiger partial charge in [-0.1, -0.05) is 33.1 Å². The van der Waals surface area contributed by atoms with E-state index in [0.717, 1.165) is 41.8 Å². The Morgan fingerprint density at radius 3 is 2.56 bits per heavy atom. The Morgan fingerprint density at radius 2 is 2.08 bits per heavy atom. The van der Waals surface area contributed by atoms with Crippen LogP contribution in [0.3, 0.4) is 0 Å². The summed E-state index contributed by atoms with van der Waals surface area (Å²) in [4.78, 5) is 18.4. The van der Waals surface area contributed by atoms with Gasteiger partial charge in [0.25, 0.3) is 0 Å². The highest BCUT2D eigenvalue weighted by atomic mass is 16.2. The first-order valence-corrected chi connectivity index (χ1v) is 8.99. The molecule has 0 atom stereocenters. The molecule has 1 heterocycles. The van der Waals surface area contributed by atoms with Gasteiger partial charge >= 0.3 is 0 Å². The van der Waals surface area contributed by atoms with Gasteiger partial charge in [-0.15, -0.1) is 0 Å². The molecule has 4 heteroatoms. The maximum atomic E-state index is 11.9. The van der Waals surface area contributed by atoms with E-state index in [1.165, 1.54) is 0 Å². The van der Waals surface area contributed by atoms with Crippen LogP contribution in [0.1, 0.15) is 46.1 Å². The Balaban J connectivity index is 0.00000151. The monoisotopic (exact) mass is 341 g/mol. The second-order valence-electron chi connectivity index (χ2n) is 5.95. The highest BCUT2D eigenvalue weighted by Crippen LogP contribution is 2.31. The predicted molar refractivity (Wildman–Crippen MR) is 107 cm³/mol. The topological polar surface area (TPSA) is 45.2 Å². The van der Waals surface area contributed by atoms with Crippen molar-refractivity contribution in [1.82, 2.24) is 9.88 Å². The first-order valence-electron chi connectivity index (χ1n) is 8.99. The molecular weight excluding hydrogens is 310 g/mol. The molecule has 0 saturated heterocycles. The van der Waals surface area contributed by atoms with Crippen LogP contribution in [0.2, 0.25) is 0 Å². The summed E-state index contributed by atoms with van der Waals surface area (Å²) < 4.78 is 0. The van der Waals surface area contributed by atoms with Crippen LogP contribution in [0.5, 0.6) is 0 Å². The molecule has 0 spiro atoms. The van der Waals surface area contributed by atoms with Crippen molar-refractivity contribution >= 4 is 17.4 Å². The molecule has 0 radical (unpaired) electrons. The predicted octanol–water partition coefficient (Wildman–Crippen LogP) is 4.88. The number of pyridine rings is 1. The molecule has 0 aromatic carbocycles. The van der Waals surface area contributed by atoms with Gasteiger partial charge in [-0.2, -0.15) is 0 Å². The average Bonchev–Trinajstić information content (AvgIpc) is 3.45. The maximum Gasteiger partial charge on any atom is 0.228 e. The van der Waals surface area contributed by atoms with E-state index in [1.54, 1.807) is 6.20 Å². The SMILES string of the molecule is C=C/C(C(=C)C)=C(\c1ccnc(NC(=O)C2CC2)c1)N(C)CC.CC. The van der Waals surface area contributed by atoms with Crippen molar-refractivity contribution in [3.63, 3.8) is 0 Å². The quantitative estimate of drug-likeness (QED) is 0.719. The van der Waals surface area contributed by atoms with Crippen molar-refractivity contribution in [1.29, 1.82) is 0 Å². The Kier molecular flexibility index (Phi) is 8.12. The Bertz CT molecular complexity index is 657. The van der Waals surface area contributed by atoms with E-state index in [2.05, 4.69) is 35.3 Å². The lowest BCUT2D eigenvalue weighted by Gasteiger charge is -2.24. The first kappa shape index (κ1) is 20.7. The van der Waals surface area contributed by atoms with E-state index in [4.69, 9.17) is 0 Å². The van der Waals surface area contributed by atoms with Crippen LogP contribution in [0.4, 0.5) is 5.82 Å². The van der Waals surface area contributed by atoms with Crippen molar-refractivity contribution < 1.29 is 4.79 Å². The van der Waals surface area contributed by atoms with E-state index in [9.17, 15) is 4.79 Å². The summed E-state index contributed by atoms with van der Waals surface area (Å²) in [5.41, 5.74) is 3.99. The van der Waals surface area contributed by atoms with Crippen LogP contribution < -0.4 is 5.32 Å². The van der Waals surface area contributed by atoms with Crippen LogP contribution in [0, 0.1) is 5.92 Å². The van der Waals surface area contributed by atoms with E-state index in [0.29, 0.717) is 5.82 Å². The molecule has 1 aromatic rings. The van der Waals surface area contributed by atoms with Crippen molar-refractivity contribution in [3.8, 4) is 0 Å². The second kappa shape index (κ2) is 9.82. The third kappa shape index (κ3) is 5.59. The van der Waals surface area contributed by atoms with Gasteiger partial charge in [0, 0.05) is 36.8 Å². The molecule has 136 valence electrons. The minimum Gasteiger partial charge on any atom is -0.374 e. The van der Waals surface area contributed by atoms with Gasteiger partial charge in [0.15, 0.2) is 0 Å². The minimum absolute atomic E-state index is 0.0628. The standard InChI is InChI=1S/C19H25N3O.C2H6/c1-6-16(13(3)4)18(22(5)7-2)15-10-11-20-17(12-15)21-19(23)14-8-9-14;1-2/h6,10-12,14H,1,3,7-9H2,2,4-5H3,(H,20,21,23);1-2H3/b18-16-;. The lowest BCUT2D eigenvalue weighted by Crippen LogP contribution is -2.19. The van der Waals surface area contributed by atoms with Crippen LogP contribution in [0.15, 0.2) is 48.7 Å². The summed E-state index contributed by atoms with van der Waals surface area (Å²) in [6.45, 7) is 16.9. The summed E-state index contributed by atoms with van der Waals surface area (Å²) in [6, 6.07) is 3.86. The van der Waals surface area contributed by atoms with Crippen LogP contribution in [0.25, 0.3) is 5.70 Å². The van der Waals surface area contributed by atoms with Gasteiger partial charge in [-0.3, -0.25) is 4.79 Å². The zero-order valence-electron chi connectivity index (χ0n) is 16.2. The molecule has 0 bridgehead atoms. The first-order chi connectivity index (χ1) is 12.0. The lowest BCUT2D eigenvalue weighted by atomic mass is 10.0. The Labute approximate surface area is 152 Å². The Hall–Kier alpha value is -2.36. The molecule has 25 heavy (non-hydrogen) atoms. The van der Waals surface area contributed by atoms with Crippen molar-refractivity contribution in [2.24, 2.45) is 5.92 Å². The molecule has 1 aromatic heterocycles. The number of nitrogens with zero attached hydrogens (tertiary/aromatic N) is 2. The number of nitrogens with one attached hydrogen (secondary N) is 1. The molecule has 4 nitrogen and oxygen atoms in total. The highest BCUT2D eigenvalue weighted by Gasteiger charge is 2.29. The molecule has 2 rings (SSSR count). The zero-order chi connectivity index (χ0) is 19.0. The maximum absolute atomic E-state index is 11.9. The van der Waals surface area contributed by atoms with Gasteiger partial charge in [-0.25, -0.2) is 4.98 Å². The van der Waals surface area contributed by atoms with Gasteiger partial charge in [0.2, 0.25) is 5.91 Å². The summed E-state index contributed by atoms with van der Waals surface area (Å²) >= 11 is 0. The van der Waals surface area contributed by atoms with E-state index < -0.39 is 0 Å². The third-order valence-electron chi connectivity index (χ3n) is 4.01. The summed E-state index contributed by atoms with van der Waals surface area (Å²) in [5.74, 6) is 0.812. The lowest BCUT2D eigenvalue weighted by molar-refractivity contribution is -0.117. The zero-order valence-corrected chi connectivity index (χ0v) is 16.2. The highest BCUT2D eigenvalue weighted by molar-refractivity contribution is 5.93. The Morgan fingerprint density at radius 1 is 1.44 bits per heavy atom. The number of carbonyl (C=O) groups is 1. The molecule has 1 aliphatic carbocycles. The summed E-state index contributed by atoms with van der Waals surface area (Å²) in [6.07, 6.45) is 5.50. The van der Waals surface area contributed by atoms with Crippen LogP contribution in [-0.2, 0) is 4.79 Å². The second-order valence-corrected chi connectivity index (χ2v) is 5.95. The molecule has 1 amide bonds. The normalized spacial score (nSPS) is 13.8. The smallest absolute Gasteiger partial charge is 0.228 e. The van der Waals surface area contributed by atoms with Gasteiger partial charge in [-0.05, 0) is 44.4 Å². The summed E-state index contributed by atoms with van der Waals surface area (Å²) in [5, 5.41) is 2.90. The number of hydrogen-bond acceptors (Lipinski definition) is 3. The number of allylic oxidation sites excluding steroid dienone is 3. The van der Waals surface area contributed by atoms with Crippen molar-refractivity contribution in [3.05, 3.63) is 54.3 Å². The van der Waals surface area contributed by atoms with Gasteiger partial charge in [0.05, 0.1) is 5.70 Å². The van der Waals surface area contributed by atoms with Gasteiger partial charge in [0.1, 0.15) is 5.82 Å². The third-order valence-corrected chi connectivity index (χ3v) is 4.01. The molecule has 0 unspecified atom stereocenters. The fourth-order valence-electron chi connectivity index (χ4n) is 2.43. The summed E-state index contributed by atoms with van der Waals surface area (Å²) in [7, 11) is 2.03. The van der Waals surface area contributed by atoms with E-state index >= 15 is 0 Å². The van der Waals surface area contributed by atoms with E-state index in [1.807, 2.05) is 46.0 Å². The molecule has 1 saturated carbocycles. The molecule has 1 fully saturated rings. The number of hydrogen-bond donors (Lipinski definition) is 1. The van der Waals surface area contributed by atoms with Crippen molar-refractivity contribution in [2.75, 3.05) is 18.9 Å². The number of carbonyl (C=O) groups excluding carboxylic acids is 1. The number of anilines is 1. The molecular formula is C21H31N3O. The molecule has 1 aliphatic rings. The number of rotatable bonds is 7. The number of amides is 1. The van der Waals surface area contributed by atoms with Gasteiger partial charge < -0.3 is 10.2 Å². The number of aromatic nitrogens is 1. The van der Waals surface area contributed by atoms with E-state index in [-0.39, 0.29) is 11.8 Å². The average molecular weight is 341 g/mol. The van der Waals surface area contributed by atoms with Crippen molar-refractivity contribution in [2.45, 2.75) is 40.5 Å². The van der Waals surface area contributed by atoms with Crippen LogP contribution in [-0.4, -0.2) is 29.4 Å². The minimum atomic E-state index is 0.0628. The largest absolute Gasteiger partial charge is 0.374 e. The van der Waals surface area contributed by atoms with Crippen LogP contribution >= 0.6 is 0 Å². The fraction of sp³-hybridized carbons (Fsp3) is 0.429. The fourth-order valence-corrected chi connectivity index (χ4v) is 2.43. The molecule has 0 aliphatic heterocycles. The molecule has 1 N–H and O–H groups in total.